The topological polar surface area (TPSA) is 47.0 Å². The van der Waals surface area contributed by atoms with E-state index in [0.717, 1.165) is 18.8 Å². The Labute approximate surface area is 90.1 Å². The van der Waals surface area contributed by atoms with Gasteiger partial charge in [0.1, 0.15) is 0 Å². The molecule has 1 aliphatic rings. The van der Waals surface area contributed by atoms with Crippen LogP contribution in [0.4, 0.5) is 0 Å². The zero-order chi connectivity index (χ0) is 10.5. The van der Waals surface area contributed by atoms with E-state index in [9.17, 15) is 0 Å². The number of rotatable bonds is 4. The van der Waals surface area contributed by atoms with Crippen LogP contribution in [0.15, 0.2) is 18.6 Å². The predicted molar refractivity (Wildman–Crippen MR) is 57.4 cm³/mol. The van der Waals surface area contributed by atoms with Crippen molar-refractivity contribution in [1.82, 2.24) is 15.3 Å². The Morgan fingerprint density at radius 2 is 2.53 bits per heavy atom. The van der Waals surface area contributed by atoms with Gasteiger partial charge in [-0.25, -0.2) is 0 Å². The van der Waals surface area contributed by atoms with Crippen molar-refractivity contribution in [3.8, 4) is 0 Å². The fraction of sp³-hybridized carbons (Fsp3) is 0.636. The summed E-state index contributed by atoms with van der Waals surface area (Å²) >= 11 is 0. The van der Waals surface area contributed by atoms with Crippen molar-refractivity contribution in [1.29, 1.82) is 0 Å². The van der Waals surface area contributed by atoms with Crippen LogP contribution in [0.5, 0.6) is 0 Å². The molecule has 2 atom stereocenters. The van der Waals surface area contributed by atoms with E-state index in [1.54, 1.807) is 18.6 Å². The number of aromatic nitrogens is 2. The van der Waals surface area contributed by atoms with E-state index in [1.165, 1.54) is 12.8 Å². The maximum absolute atomic E-state index is 5.75. The molecule has 1 N–H and O–H groups in total. The Morgan fingerprint density at radius 3 is 3.20 bits per heavy atom. The van der Waals surface area contributed by atoms with E-state index in [-0.39, 0.29) is 6.10 Å². The van der Waals surface area contributed by atoms with Crippen LogP contribution in [-0.4, -0.2) is 29.2 Å². The molecular formula is C11H17N3O. The minimum Gasteiger partial charge on any atom is -0.371 e. The van der Waals surface area contributed by atoms with Gasteiger partial charge in [0.25, 0.3) is 0 Å². The lowest BCUT2D eigenvalue weighted by Gasteiger charge is -2.15. The van der Waals surface area contributed by atoms with Gasteiger partial charge in [0.15, 0.2) is 0 Å². The van der Waals surface area contributed by atoms with Crippen LogP contribution in [0.3, 0.4) is 0 Å². The van der Waals surface area contributed by atoms with E-state index in [0.29, 0.717) is 6.04 Å². The SMILES string of the molecule is C[C@@H](OC[C@H]1CCCN1)c1cnccn1. The summed E-state index contributed by atoms with van der Waals surface area (Å²) in [7, 11) is 0. The molecule has 2 heterocycles. The summed E-state index contributed by atoms with van der Waals surface area (Å²) in [5.41, 5.74) is 0.899. The van der Waals surface area contributed by atoms with Gasteiger partial charge in [-0.05, 0) is 26.3 Å². The van der Waals surface area contributed by atoms with Crippen LogP contribution in [0.1, 0.15) is 31.6 Å². The molecular weight excluding hydrogens is 190 g/mol. The second-order valence-corrected chi connectivity index (χ2v) is 3.90. The van der Waals surface area contributed by atoms with Crippen LogP contribution in [0, 0.1) is 0 Å². The summed E-state index contributed by atoms with van der Waals surface area (Å²) in [6.45, 7) is 3.89. The number of hydrogen-bond donors (Lipinski definition) is 1. The fourth-order valence-corrected chi connectivity index (χ4v) is 1.77. The quantitative estimate of drug-likeness (QED) is 0.808. The minimum absolute atomic E-state index is 0.0288. The van der Waals surface area contributed by atoms with Crippen molar-refractivity contribution < 1.29 is 4.74 Å². The molecule has 0 amide bonds. The first kappa shape index (κ1) is 10.5. The van der Waals surface area contributed by atoms with Crippen LogP contribution >= 0.6 is 0 Å². The maximum Gasteiger partial charge on any atom is 0.0982 e. The first-order chi connectivity index (χ1) is 7.36. The number of hydrogen-bond acceptors (Lipinski definition) is 4. The van der Waals surface area contributed by atoms with Crippen LogP contribution < -0.4 is 5.32 Å². The van der Waals surface area contributed by atoms with E-state index >= 15 is 0 Å². The standard InChI is InChI=1S/C11H17N3O/c1-9(11-7-12-5-6-14-11)15-8-10-3-2-4-13-10/h5-7,9-10,13H,2-4,8H2,1H3/t9-,10-/m1/s1. The van der Waals surface area contributed by atoms with Crippen LogP contribution in [0.25, 0.3) is 0 Å². The summed E-state index contributed by atoms with van der Waals surface area (Å²) in [6, 6.07) is 0.518. The van der Waals surface area contributed by atoms with Gasteiger partial charge in [-0.15, -0.1) is 0 Å². The molecule has 0 unspecified atom stereocenters. The molecule has 1 saturated heterocycles. The third-order valence-corrected chi connectivity index (χ3v) is 2.71. The molecule has 0 bridgehead atoms. The Balaban J connectivity index is 1.79. The Kier molecular flexibility index (Phi) is 3.64. The molecule has 4 heteroatoms. The number of nitrogens with one attached hydrogen (secondary N) is 1. The molecule has 0 spiro atoms. The summed E-state index contributed by atoms with van der Waals surface area (Å²) in [5.74, 6) is 0. The number of ether oxygens (including phenoxy) is 1. The molecule has 4 nitrogen and oxygen atoms in total. The van der Waals surface area contributed by atoms with Gasteiger partial charge < -0.3 is 10.1 Å². The lowest BCUT2D eigenvalue weighted by Crippen LogP contribution is -2.27. The highest BCUT2D eigenvalue weighted by molar-refractivity contribution is 4.98. The highest BCUT2D eigenvalue weighted by Gasteiger charge is 2.16. The predicted octanol–water partition coefficient (Wildman–Crippen LogP) is 1.31. The molecule has 1 aromatic heterocycles. The zero-order valence-electron chi connectivity index (χ0n) is 9.02. The molecule has 82 valence electrons. The average molecular weight is 207 g/mol. The molecule has 0 aromatic carbocycles. The Hall–Kier alpha value is -1.00. The van der Waals surface area contributed by atoms with Crippen LogP contribution in [-0.2, 0) is 4.74 Å². The molecule has 1 aromatic rings. The highest BCUT2D eigenvalue weighted by atomic mass is 16.5. The Morgan fingerprint density at radius 1 is 1.60 bits per heavy atom. The molecule has 1 fully saturated rings. The summed E-state index contributed by atoms with van der Waals surface area (Å²) < 4.78 is 5.75. The van der Waals surface area contributed by atoms with Crippen molar-refractivity contribution >= 4 is 0 Å². The first-order valence-electron chi connectivity index (χ1n) is 5.47. The van der Waals surface area contributed by atoms with Gasteiger partial charge in [0, 0.05) is 18.4 Å². The molecule has 0 saturated carbocycles. The van der Waals surface area contributed by atoms with Gasteiger partial charge in [-0.2, -0.15) is 0 Å². The van der Waals surface area contributed by atoms with E-state index in [1.807, 2.05) is 6.92 Å². The van der Waals surface area contributed by atoms with Crippen molar-refractivity contribution in [2.75, 3.05) is 13.2 Å². The monoisotopic (exact) mass is 207 g/mol. The Bertz CT molecular complexity index is 285. The second kappa shape index (κ2) is 5.19. The van der Waals surface area contributed by atoms with E-state index in [2.05, 4.69) is 15.3 Å². The second-order valence-electron chi connectivity index (χ2n) is 3.90. The minimum atomic E-state index is 0.0288. The third-order valence-electron chi connectivity index (χ3n) is 2.71. The van der Waals surface area contributed by atoms with Gasteiger partial charge in [-0.3, -0.25) is 9.97 Å². The van der Waals surface area contributed by atoms with E-state index in [4.69, 9.17) is 4.74 Å². The van der Waals surface area contributed by atoms with Gasteiger partial charge >= 0.3 is 0 Å². The molecule has 1 aliphatic heterocycles. The van der Waals surface area contributed by atoms with Crippen molar-refractivity contribution in [3.05, 3.63) is 24.3 Å². The fourth-order valence-electron chi connectivity index (χ4n) is 1.77. The van der Waals surface area contributed by atoms with Crippen LogP contribution in [0.2, 0.25) is 0 Å². The average Bonchev–Trinajstić information content (AvgIpc) is 2.80. The largest absolute Gasteiger partial charge is 0.371 e. The van der Waals surface area contributed by atoms with Crippen molar-refractivity contribution in [2.45, 2.75) is 31.9 Å². The van der Waals surface area contributed by atoms with Gasteiger partial charge in [0.05, 0.1) is 24.6 Å². The smallest absolute Gasteiger partial charge is 0.0982 e. The molecule has 15 heavy (non-hydrogen) atoms. The number of nitrogens with zero attached hydrogens (tertiary/aromatic N) is 2. The first-order valence-corrected chi connectivity index (χ1v) is 5.47. The van der Waals surface area contributed by atoms with Gasteiger partial charge in [-0.1, -0.05) is 0 Å². The highest BCUT2D eigenvalue weighted by Crippen LogP contribution is 2.14. The maximum atomic E-state index is 5.75. The third kappa shape index (κ3) is 2.97. The van der Waals surface area contributed by atoms with Crippen molar-refractivity contribution in [2.24, 2.45) is 0 Å². The van der Waals surface area contributed by atoms with Crippen molar-refractivity contribution in [3.63, 3.8) is 0 Å². The van der Waals surface area contributed by atoms with Gasteiger partial charge in [0.2, 0.25) is 0 Å². The lowest BCUT2D eigenvalue weighted by atomic mass is 10.2. The summed E-state index contributed by atoms with van der Waals surface area (Å²) in [6.07, 6.45) is 7.63. The lowest BCUT2D eigenvalue weighted by molar-refractivity contribution is 0.0496. The molecule has 0 radical (unpaired) electrons. The van der Waals surface area contributed by atoms with E-state index < -0.39 is 0 Å². The normalized spacial score (nSPS) is 22.9. The zero-order valence-corrected chi connectivity index (χ0v) is 9.02. The summed E-state index contributed by atoms with van der Waals surface area (Å²) in [4.78, 5) is 8.24. The molecule has 2 rings (SSSR count). The summed E-state index contributed by atoms with van der Waals surface area (Å²) in [5, 5.41) is 3.40. The molecule has 0 aliphatic carbocycles.